The van der Waals surface area contributed by atoms with E-state index in [-0.39, 0.29) is 13.2 Å². The maximum Gasteiger partial charge on any atom is 0.364 e. The van der Waals surface area contributed by atoms with E-state index in [1.54, 1.807) is 0 Å². The van der Waals surface area contributed by atoms with Gasteiger partial charge in [0, 0.05) is 0 Å². The van der Waals surface area contributed by atoms with Crippen molar-refractivity contribution in [2.45, 2.75) is 0 Å². The lowest BCUT2D eigenvalue weighted by atomic mass is 10.8. The summed E-state index contributed by atoms with van der Waals surface area (Å²) in [6.07, 6.45) is 0. The van der Waals surface area contributed by atoms with Crippen molar-refractivity contribution in [1.82, 2.24) is 0 Å². The average Bonchev–Trinajstić information content (AvgIpc) is 1.61. The molecule has 0 aliphatic carbocycles. The molecule has 0 amide bonds. The number of hydrogen-bond acceptors (Lipinski definition) is 3. The molecule has 0 rings (SSSR count). The zero-order valence-corrected chi connectivity index (χ0v) is 4.52. The summed E-state index contributed by atoms with van der Waals surface area (Å²) in [5.74, 6) is 0. The third-order valence-corrected chi connectivity index (χ3v) is 0.446. The molecule has 3 nitrogen and oxygen atoms in total. The van der Waals surface area contributed by atoms with Gasteiger partial charge in [-0.3, -0.25) is 0 Å². The summed E-state index contributed by atoms with van der Waals surface area (Å²) < 4.78 is 4.17. The van der Waals surface area contributed by atoms with Crippen molar-refractivity contribution in [3.63, 3.8) is 0 Å². The maximum absolute atomic E-state index is 9.73. The van der Waals surface area contributed by atoms with Crippen LogP contribution in [0.2, 0.25) is 0 Å². The molecule has 0 aliphatic rings. The Morgan fingerprint density at radius 3 is 2.57 bits per heavy atom. The van der Waals surface area contributed by atoms with Gasteiger partial charge in [-0.25, -0.2) is 4.79 Å². The number of ether oxygens (including phenoxy) is 1. The van der Waals surface area contributed by atoms with E-state index in [0.29, 0.717) is 0 Å². The van der Waals surface area contributed by atoms with Crippen LogP contribution in [0.3, 0.4) is 0 Å². The predicted octanol–water partition coefficient (Wildman–Crippen LogP) is 0.0451. The predicted molar refractivity (Wildman–Crippen MR) is 27.4 cm³/mol. The Morgan fingerprint density at radius 1 is 1.86 bits per heavy atom. The molecule has 0 unspecified atom stereocenters. The van der Waals surface area contributed by atoms with E-state index >= 15 is 0 Å². The quantitative estimate of drug-likeness (QED) is 0.401. The molecule has 0 heterocycles. The van der Waals surface area contributed by atoms with Crippen LogP contribution in [0.4, 0.5) is 4.79 Å². The molecule has 4 heteroatoms. The van der Waals surface area contributed by atoms with Gasteiger partial charge in [-0.1, -0.05) is 12.6 Å². The molecule has 7 heavy (non-hydrogen) atoms. The lowest BCUT2D eigenvalue weighted by Gasteiger charge is -1.92. The lowest BCUT2D eigenvalue weighted by Crippen LogP contribution is -1.99. The van der Waals surface area contributed by atoms with Crippen LogP contribution in [0, 0.1) is 0 Å². The summed E-state index contributed by atoms with van der Waals surface area (Å²) in [6.45, 7) is -0.116. The highest BCUT2D eigenvalue weighted by molar-refractivity contribution is 7.96. The van der Waals surface area contributed by atoms with Gasteiger partial charge in [0.2, 0.25) is 0 Å². The number of aliphatic hydroxyl groups is 1. The number of aliphatic hydroxyl groups excluding tert-OH is 1. The SMILES string of the molecule is O=C(S)OCCO. The van der Waals surface area contributed by atoms with Crippen LogP contribution in [-0.2, 0) is 4.74 Å². The van der Waals surface area contributed by atoms with E-state index in [1.165, 1.54) is 0 Å². The fraction of sp³-hybridized carbons (Fsp3) is 0.667. The summed E-state index contributed by atoms with van der Waals surface area (Å²) in [7, 11) is 0. The Bertz CT molecular complexity index is 63.2. The highest BCUT2D eigenvalue weighted by atomic mass is 32.1. The minimum Gasteiger partial charge on any atom is -0.455 e. The highest BCUT2D eigenvalue weighted by Gasteiger charge is 1.87. The first kappa shape index (κ1) is 6.78. The minimum atomic E-state index is -0.658. The van der Waals surface area contributed by atoms with Crippen molar-refractivity contribution < 1.29 is 14.6 Å². The zero-order valence-electron chi connectivity index (χ0n) is 3.63. The van der Waals surface area contributed by atoms with Gasteiger partial charge in [-0.05, 0) is 0 Å². The molecular weight excluding hydrogens is 116 g/mol. The van der Waals surface area contributed by atoms with E-state index in [4.69, 9.17) is 5.11 Å². The summed E-state index contributed by atoms with van der Waals surface area (Å²) in [5, 5.41) is 7.35. The molecule has 1 N–H and O–H groups in total. The maximum atomic E-state index is 9.73. The second-order valence-electron chi connectivity index (χ2n) is 0.838. The average molecular weight is 122 g/mol. The third-order valence-electron chi connectivity index (χ3n) is 0.317. The second-order valence-corrected chi connectivity index (χ2v) is 1.20. The van der Waals surface area contributed by atoms with Crippen molar-refractivity contribution in [2.24, 2.45) is 0 Å². The Kier molecular flexibility index (Phi) is 3.83. The number of rotatable bonds is 2. The van der Waals surface area contributed by atoms with Gasteiger partial charge < -0.3 is 9.84 Å². The van der Waals surface area contributed by atoms with Crippen LogP contribution in [0.15, 0.2) is 0 Å². The van der Waals surface area contributed by atoms with Gasteiger partial charge in [0.25, 0.3) is 0 Å². The molecule has 0 spiro atoms. The van der Waals surface area contributed by atoms with Gasteiger partial charge in [-0.15, -0.1) is 0 Å². The third kappa shape index (κ3) is 5.78. The topological polar surface area (TPSA) is 46.5 Å². The first-order valence-electron chi connectivity index (χ1n) is 1.74. The molecule has 0 aliphatic heterocycles. The van der Waals surface area contributed by atoms with E-state index < -0.39 is 5.30 Å². The van der Waals surface area contributed by atoms with Crippen LogP contribution in [-0.4, -0.2) is 23.6 Å². The standard InChI is InChI=1S/C3H6O3S/c4-1-2-6-3(5)7/h4H,1-2H2,(H,5,7). The Hall–Kier alpha value is -0.220. The largest absolute Gasteiger partial charge is 0.455 e. The minimum absolute atomic E-state index is 0.0301. The molecule has 0 aromatic rings. The lowest BCUT2D eigenvalue weighted by molar-refractivity contribution is 0.142. The molecule has 0 aromatic heterocycles. The molecule has 0 radical (unpaired) electrons. The Labute approximate surface area is 46.7 Å². The fourth-order valence-corrected chi connectivity index (χ4v) is 0.224. The van der Waals surface area contributed by atoms with Crippen molar-refractivity contribution in [3.8, 4) is 0 Å². The van der Waals surface area contributed by atoms with Crippen LogP contribution in [0.1, 0.15) is 0 Å². The number of carbonyl (C=O) groups excluding carboxylic acids is 1. The molecule has 42 valence electrons. The van der Waals surface area contributed by atoms with Crippen LogP contribution in [0.25, 0.3) is 0 Å². The highest BCUT2D eigenvalue weighted by Crippen LogP contribution is 1.82. The summed E-state index contributed by atoms with van der Waals surface area (Å²) in [4.78, 5) is 9.73. The van der Waals surface area contributed by atoms with Crippen LogP contribution >= 0.6 is 12.6 Å². The van der Waals surface area contributed by atoms with E-state index in [1.807, 2.05) is 0 Å². The van der Waals surface area contributed by atoms with Crippen molar-refractivity contribution in [1.29, 1.82) is 0 Å². The normalized spacial score (nSPS) is 8.29. The summed E-state index contributed by atoms with van der Waals surface area (Å²) in [5.41, 5.74) is 0. The first-order valence-corrected chi connectivity index (χ1v) is 2.18. The van der Waals surface area contributed by atoms with Crippen molar-refractivity contribution in [3.05, 3.63) is 0 Å². The van der Waals surface area contributed by atoms with Gasteiger partial charge in [-0.2, -0.15) is 0 Å². The van der Waals surface area contributed by atoms with E-state index in [0.717, 1.165) is 0 Å². The number of carbonyl (C=O) groups is 1. The molecule has 0 atom stereocenters. The Balaban J connectivity index is 2.82. The molecule has 0 saturated carbocycles. The van der Waals surface area contributed by atoms with E-state index in [9.17, 15) is 4.79 Å². The Morgan fingerprint density at radius 2 is 2.43 bits per heavy atom. The summed E-state index contributed by atoms with van der Waals surface area (Å²) in [6, 6.07) is 0. The van der Waals surface area contributed by atoms with Crippen LogP contribution < -0.4 is 0 Å². The monoisotopic (exact) mass is 122 g/mol. The molecule has 0 saturated heterocycles. The molecule has 0 fully saturated rings. The fourth-order valence-electron chi connectivity index (χ4n) is 0.133. The van der Waals surface area contributed by atoms with Crippen LogP contribution in [0.5, 0.6) is 0 Å². The van der Waals surface area contributed by atoms with Crippen molar-refractivity contribution in [2.75, 3.05) is 13.2 Å². The first-order chi connectivity index (χ1) is 3.27. The number of thiol groups is 1. The van der Waals surface area contributed by atoms with Gasteiger partial charge in [0.15, 0.2) is 0 Å². The number of hydrogen-bond donors (Lipinski definition) is 2. The summed E-state index contributed by atoms with van der Waals surface area (Å²) >= 11 is 3.26. The molecular formula is C3H6O3S. The zero-order chi connectivity index (χ0) is 5.70. The van der Waals surface area contributed by atoms with Gasteiger partial charge in [0.05, 0.1) is 6.61 Å². The smallest absolute Gasteiger partial charge is 0.364 e. The van der Waals surface area contributed by atoms with Gasteiger partial charge in [0.1, 0.15) is 6.61 Å². The molecule has 0 aromatic carbocycles. The van der Waals surface area contributed by atoms with Gasteiger partial charge >= 0.3 is 5.30 Å². The van der Waals surface area contributed by atoms with E-state index in [2.05, 4.69) is 17.4 Å². The van der Waals surface area contributed by atoms with Crippen molar-refractivity contribution >= 4 is 17.9 Å². The molecule has 0 bridgehead atoms. The second kappa shape index (κ2) is 3.95.